The van der Waals surface area contributed by atoms with E-state index in [9.17, 15) is 0 Å². The van der Waals surface area contributed by atoms with E-state index < -0.39 is 7.92 Å². The molecule has 0 aliphatic carbocycles. The Bertz CT molecular complexity index is 2260. The highest BCUT2D eigenvalue weighted by molar-refractivity contribution is 7.80. The van der Waals surface area contributed by atoms with Crippen molar-refractivity contribution in [3.63, 3.8) is 0 Å². The summed E-state index contributed by atoms with van der Waals surface area (Å²) in [5.74, 6) is 1.02. The standard InChI is InChI=1S/C47H41N2P/c1-32-25-33(2)28-38(27-32)45-46(39-29-34(3)26-35(4)30-39)49(40-24-23-36-15-11-12-16-37(36)31-40)47(48-45)43-21-13-14-22-44(43)50(41-17-7-5-8-18-41)42-19-9-6-10-20-42/h5-31,45-46H,1-4H3/t45-,46-/m1/s1. The van der Waals surface area contributed by atoms with E-state index in [1.807, 2.05) is 0 Å². The summed E-state index contributed by atoms with van der Waals surface area (Å²) in [6.07, 6.45) is 0. The van der Waals surface area contributed by atoms with Crippen LogP contribution in [0.4, 0.5) is 5.69 Å². The first-order valence-electron chi connectivity index (χ1n) is 17.4. The van der Waals surface area contributed by atoms with E-state index in [0.717, 1.165) is 11.5 Å². The largest absolute Gasteiger partial charge is 0.316 e. The fraction of sp³-hybridized carbons (Fsp3) is 0.128. The van der Waals surface area contributed by atoms with E-state index in [1.54, 1.807) is 0 Å². The highest BCUT2D eigenvalue weighted by atomic mass is 31.1. The lowest BCUT2D eigenvalue weighted by atomic mass is 9.90. The maximum Gasteiger partial charge on any atom is 0.137 e. The van der Waals surface area contributed by atoms with Crippen LogP contribution in [-0.2, 0) is 0 Å². The van der Waals surface area contributed by atoms with E-state index in [-0.39, 0.29) is 12.1 Å². The van der Waals surface area contributed by atoms with Gasteiger partial charge in [0.15, 0.2) is 0 Å². The van der Waals surface area contributed by atoms with Crippen LogP contribution < -0.4 is 20.8 Å². The van der Waals surface area contributed by atoms with E-state index in [0.29, 0.717) is 0 Å². The summed E-state index contributed by atoms with van der Waals surface area (Å²) in [5.41, 5.74) is 9.92. The average Bonchev–Trinajstić information content (AvgIpc) is 3.53. The molecule has 7 aromatic carbocycles. The SMILES string of the molecule is Cc1cc(C)cc([C@H]2N=C(c3ccccc3P(c3ccccc3)c3ccccc3)N(c3ccc4ccccc4c3)[C@@H]2c2cc(C)cc(C)c2)c1. The summed E-state index contributed by atoms with van der Waals surface area (Å²) >= 11 is 0. The number of nitrogens with zero attached hydrogens (tertiary/aromatic N) is 2. The molecule has 3 heteroatoms. The van der Waals surface area contributed by atoms with Gasteiger partial charge in [-0.1, -0.05) is 174 Å². The lowest BCUT2D eigenvalue weighted by Gasteiger charge is -2.33. The maximum absolute atomic E-state index is 5.85. The van der Waals surface area contributed by atoms with Crippen LogP contribution in [0.2, 0.25) is 0 Å². The van der Waals surface area contributed by atoms with Gasteiger partial charge in [0.2, 0.25) is 0 Å². The summed E-state index contributed by atoms with van der Waals surface area (Å²) in [4.78, 5) is 8.40. The molecule has 0 saturated carbocycles. The van der Waals surface area contributed by atoms with Crippen molar-refractivity contribution >= 4 is 46.1 Å². The molecule has 0 aromatic heterocycles. The van der Waals surface area contributed by atoms with Crippen LogP contribution in [-0.4, -0.2) is 5.84 Å². The van der Waals surface area contributed by atoms with E-state index in [1.165, 1.54) is 65.6 Å². The van der Waals surface area contributed by atoms with Gasteiger partial charge < -0.3 is 4.90 Å². The number of benzene rings is 7. The zero-order valence-corrected chi connectivity index (χ0v) is 30.0. The van der Waals surface area contributed by atoms with Crippen LogP contribution in [0.5, 0.6) is 0 Å². The Morgan fingerprint density at radius 2 is 1.00 bits per heavy atom. The van der Waals surface area contributed by atoms with Gasteiger partial charge in [0.25, 0.3) is 0 Å². The van der Waals surface area contributed by atoms with Gasteiger partial charge in [-0.05, 0) is 85.6 Å². The molecule has 0 spiro atoms. The predicted molar refractivity (Wildman–Crippen MR) is 215 cm³/mol. The van der Waals surface area contributed by atoms with Crippen molar-refractivity contribution in [2.24, 2.45) is 4.99 Å². The lowest BCUT2D eigenvalue weighted by molar-refractivity contribution is 0.610. The summed E-state index contributed by atoms with van der Waals surface area (Å²) in [6, 6.07) is 60.4. The van der Waals surface area contributed by atoms with Crippen LogP contribution in [0.25, 0.3) is 10.8 Å². The van der Waals surface area contributed by atoms with Crippen molar-refractivity contribution in [1.82, 2.24) is 0 Å². The van der Waals surface area contributed by atoms with Crippen molar-refractivity contribution in [3.05, 3.63) is 203 Å². The Hall–Kier alpha value is -5.30. The van der Waals surface area contributed by atoms with Gasteiger partial charge in [-0.3, -0.25) is 4.99 Å². The molecule has 0 N–H and O–H groups in total. The molecular formula is C47H41N2P. The summed E-state index contributed by atoms with van der Waals surface area (Å²) < 4.78 is 0. The second-order valence-electron chi connectivity index (χ2n) is 13.6. The van der Waals surface area contributed by atoms with E-state index in [4.69, 9.17) is 4.99 Å². The summed E-state index contributed by atoms with van der Waals surface area (Å²) in [6.45, 7) is 8.82. The molecule has 8 rings (SSSR count). The van der Waals surface area contributed by atoms with Gasteiger partial charge >= 0.3 is 0 Å². The van der Waals surface area contributed by atoms with Crippen LogP contribution in [0.1, 0.15) is 51.0 Å². The minimum Gasteiger partial charge on any atom is -0.316 e. The number of aryl methyl sites for hydroxylation is 4. The molecule has 1 aliphatic heterocycles. The number of hydrogen-bond acceptors (Lipinski definition) is 2. The van der Waals surface area contributed by atoms with Gasteiger partial charge in [-0.2, -0.15) is 0 Å². The Kier molecular flexibility index (Phi) is 8.65. The number of amidine groups is 1. The third kappa shape index (κ3) is 6.17. The Morgan fingerprint density at radius 3 is 1.62 bits per heavy atom. The minimum atomic E-state index is -0.864. The molecule has 0 fully saturated rings. The zero-order chi connectivity index (χ0) is 34.2. The van der Waals surface area contributed by atoms with Crippen LogP contribution in [0.3, 0.4) is 0 Å². The first-order chi connectivity index (χ1) is 24.4. The quantitative estimate of drug-likeness (QED) is 0.155. The molecule has 0 bridgehead atoms. The maximum atomic E-state index is 5.85. The van der Waals surface area contributed by atoms with Gasteiger partial charge in [-0.25, -0.2) is 0 Å². The van der Waals surface area contributed by atoms with Crippen molar-refractivity contribution in [2.75, 3.05) is 4.90 Å². The van der Waals surface area contributed by atoms with Crippen molar-refractivity contribution in [3.8, 4) is 0 Å². The number of rotatable bonds is 7. The van der Waals surface area contributed by atoms with Gasteiger partial charge in [0.05, 0.1) is 6.04 Å². The fourth-order valence-electron chi connectivity index (χ4n) is 7.73. The topological polar surface area (TPSA) is 15.6 Å². The van der Waals surface area contributed by atoms with Gasteiger partial charge in [-0.15, -0.1) is 0 Å². The van der Waals surface area contributed by atoms with Crippen molar-refractivity contribution in [2.45, 2.75) is 39.8 Å². The highest BCUT2D eigenvalue weighted by Gasteiger charge is 2.41. The Labute approximate surface area is 297 Å². The Balaban J connectivity index is 1.41. The number of fused-ring (bicyclic) bond motifs is 1. The van der Waals surface area contributed by atoms with E-state index in [2.05, 4.69) is 196 Å². The predicted octanol–water partition coefficient (Wildman–Crippen LogP) is 10.6. The molecule has 1 aliphatic rings. The van der Waals surface area contributed by atoms with E-state index >= 15 is 0 Å². The first kappa shape index (κ1) is 31.9. The minimum absolute atomic E-state index is 0.0429. The monoisotopic (exact) mass is 664 g/mol. The molecule has 1 heterocycles. The van der Waals surface area contributed by atoms with Crippen LogP contribution in [0, 0.1) is 27.7 Å². The number of aliphatic imine (C=N–C) groups is 1. The smallest absolute Gasteiger partial charge is 0.137 e. The summed E-state index contributed by atoms with van der Waals surface area (Å²) in [5, 5.41) is 6.43. The second-order valence-corrected chi connectivity index (χ2v) is 15.8. The average molecular weight is 665 g/mol. The van der Waals surface area contributed by atoms with Gasteiger partial charge in [0, 0.05) is 11.3 Å². The molecular weight excluding hydrogens is 624 g/mol. The molecule has 0 unspecified atom stereocenters. The van der Waals surface area contributed by atoms with Crippen LogP contribution >= 0.6 is 7.92 Å². The number of anilines is 1. The molecule has 2 atom stereocenters. The number of hydrogen-bond donors (Lipinski definition) is 0. The van der Waals surface area contributed by atoms with Crippen molar-refractivity contribution < 1.29 is 0 Å². The molecule has 7 aromatic rings. The summed E-state index contributed by atoms with van der Waals surface area (Å²) in [7, 11) is -0.864. The molecule has 0 radical (unpaired) electrons. The first-order valence-corrected chi connectivity index (χ1v) is 18.8. The molecule has 0 amide bonds. The Morgan fingerprint density at radius 1 is 0.480 bits per heavy atom. The molecule has 2 nitrogen and oxygen atoms in total. The highest BCUT2D eigenvalue weighted by Crippen LogP contribution is 2.48. The zero-order valence-electron chi connectivity index (χ0n) is 29.1. The third-order valence-corrected chi connectivity index (χ3v) is 12.2. The fourth-order valence-corrected chi connectivity index (χ4v) is 10.2. The molecule has 50 heavy (non-hydrogen) atoms. The van der Waals surface area contributed by atoms with Gasteiger partial charge in [0.1, 0.15) is 11.9 Å². The molecule has 0 saturated heterocycles. The molecule has 244 valence electrons. The normalized spacial score (nSPS) is 15.9. The second kappa shape index (κ2) is 13.5. The third-order valence-electron chi connectivity index (χ3n) is 9.66. The van der Waals surface area contributed by atoms with Crippen molar-refractivity contribution in [1.29, 1.82) is 0 Å². The van der Waals surface area contributed by atoms with Crippen LogP contribution in [0.15, 0.2) is 169 Å². The lowest BCUT2D eigenvalue weighted by Crippen LogP contribution is -2.35.